The molecule has 1 aromatic carbocycles. The molecule has 0 radical (unpaired) electrons. The van der Waals surface area contributed by atoms with Crippen molar-refractivity contribution in [2.24, 2.45) is 0 Å². The standard InChI is InChI=1S/C14H16ClN3S2/c15-14-17-10-13(20-14)9-16-11-1-3-12(4-2-11)18-5-7-19-8-6-18/h1-4,10,16H,5-9H2. The molecule has 0 aliphatic carbocycles. The predicted molar refractivity (Wildman–Crippen MR) is 90.4 cm³/mol. The number of thioether (sulfide) groups is 1. The summed E-state index contributed by atoms with van der Waals surface area (Å²) in [6.07, 6.45) is 1.82. The summed E-state index contributed by atoms with van der Waals surface area (Å²) in [6, 6.07) is 8.66. The molecule has 3 rings (SSSR count). The number of nitrogens with one attached hydrogen (secondary N) is 1. The number of thiazole rings is 1. The van der Waals surface area contributed by atoms with Gasteiger partial charge >= 0.3 is 0 Å². The molecule has 106 valence electrons. The molecule has 2 aromatic rings. The van der Waals surface area contributed by atoms with Gasteiger partial charge in [0.1, 0.15) is 0 Å². The zero-order valence-electron chi connectivity index (χ0n) is 11.0. The molecule has 1 aliphatic heterocycles. The summed E-state index contributed by atoms with van der Waals surface area (Å²) in [5.74, 6) is 2.46. The van der Waals surface area contributed by atoms with Crippen molar-refractivity contribution < 1.29 is 0 Å². The van der Waals surface area contributed by atoms with E-state index >= 15 is 0 Å². The molecule has 3 nitrogen and oxygen atoms in total. The molecule has 1 N–H and O–H groups in total. The molecule has 1 aliphatic rings. The van der Waals surface area contributed by atoms with E-state index in [0.717, 1.165) is 30.2 Å². The summed E-state index contributed by atoms with van der Waals surface area (Å²) < 4.78 is 0.597. The Hall–Kier alpha value is -0.910. The number of benzene rings is 1. The van der Waals surface area contributed by atoms with Crippen LogP contribution in [0.2, 0.25) is 4.47 Å². The molecule has 1 fully saturated rings. The number of hydrogen-bond donors (Lipinski definition) is 1. The molecular formula is C14H16ClN3S2. The number of halogens is 1. The second-order valence-electron chi connectivity index (χ2n) is 4.58. The van der Waals surface area contributed by atoms with E-state index in [4.69, 9.17) is 11.6 Å². The third-order valence-corrected chi connectivity index (χ3v) is 5.29. The van der Waals surface area contributed by atoms with E-state index in [9.17, 15) is 0 Å². The van der Waals surface area contributed by atoms with Gasteiger partial charge in [-0.25, -0.2) is 4.98 Å². The first kappa shape index (κ1) is 14.0. The summed E-state index contributed by atoms with van der Waals surface area (Å²) in [4.78, 5) is 7.63. The summed E-state index contributed by atoms with van der Waals surface area (Å²) in [5.41, 5.74) is 2.45. The molecule has 0 unspecified atom stereocenters. The Morgan fingerprint density at radius 2 is 1.95 bits per heavy atom. The van der Waals surface area contributed by atoms with E-state index in [2.05, 4.69) is 39.5 Å². The third-order valence-electron chi connectivity index (χ3n) is 3.24. The largest absolute Gasteiger partial charge is 0.380 e. The molecule has 0 atom stereocenters. The van der Waals surface area contributed by atoms with E-state index in [1.54, 1.807) is 0 Å². The first-order valence-corrected chi connectivity index (χ1v) is 8.93. The quantitative estimate of drug-likeness (QED) is 0.921. The van der Waals surface area contributed by atoms with Crippen LogP contribution in [0, 0.1) is 0 Å². The predicted octanol–water partition coefficient (Wildman–Crippen LogP) is 3.96. The van der Waals surface area contributed by atoms with Crippen LogP contribution in [0.5, 0.6) is 0 Å². The molecule has 2 heterocycles. The normalized spacial score (nSPS) is 15.3. The third kappa shape index (κ3) is 3.59. The van der Waals surface area contributed by atoms with E-state index in [1.807, 2.05) is 18.0 Å². The van der Waals surface area contributed by atoms with Crippen LogP contribution in [0.3, 0.4) is 0 Å². The Bertz CT molecular complexity index is 550. The average molecular weight is 326 g/mol. The van der Waals surface area contributed by atoms with Crippen molar-refractivity contribution in [1.29, 1.82) is 0 Å². The molecule has 0 saturated carbocycles. The van der Waals surface area contributed by atoms with Crippen molar-refractivity contribution in [2.45, 2.75) is 6.54 Å². The summed E-state index contributed by atoms with van der Waals surface area (Å²) >= 11 is 9.37. The molecule has 1 saturated heterocycles. The minimum absolute atomic E-state index is 0.597. The second kappa shape index (κ2) is 6.70. The zero-order valence-corrected chi connectivity index (χ0v) is 13.4. The fraction of sp³-hybridized carbons (Fsp3) is 0.357. The van der Waals surface area contributed by atoms with Gasteiger partial charge in [-0.05, 0) is 24.3 Å². The van der Waals surface area contributed by atoms with E-state index in [-0.39, 0.29) is 0 Å². The van der Waals surface area contributed by atoms with Gasteiger partial charge < -0.3 is 10.2 Å². The molecule has 0 spiro atoms. The highest BCUT2D eigenvalue weighted by atomic mass is 35.5. The van der Waals surface area contributed by atoms with Crippen LogP contribution >= 0.6 is 34.7 Å². The Balaban J connectivity index is 1.58. The van der Waals surface area contributed by atoms with Crippen LogP contribution in [-0.4, -0.2) is 29.6 Å². The molecule has 1 aromatic heterocycles. The van der Waals surface area contributed by atoms with Gasteiger partial charge in [-0.1, -0.05) is 11.6 Å². The van der Waals surface area contributed by atoms with Crippen molar-refractivity contribution >= 4 is 46.1 Å². The maximum Gasteiger partial charge on any atom is 0.183 e. The van der Waals surface area contributed by atoms with Crippen molar-refractivity contribution in [3.8, 4) is 0 Å². The lowest BCUT2D eigenvalue weighted by atomic mass is 10.2. The smallest absolute Gasteiger partial charge is 0.183 e. The van der Waals surface area contributed by atoms with Crippen molar-refractivity contribution in [2.75, 3.05) is 34.8 Å². The molecule has 0 bridgehead atoms. The number of hydrogen-bond acceptors (Lipinski definition) is 5. The Kier molecular flexibility index (Phi) is 4.70. The Labute approximate surface area is 132 Å². The molecule has 6 heteroatoms. The van der Waals surface area contributed by atoms with E-state index in [1.165, 1.54) is 28.5 Å². The van der Waals surface area contributed by atoms with Crippen LogP contribution in [0.4, 0.5) is 11.4 Å². The topological polar surface area (TPSA) is 28.2 Å². The lowest BCUT2D eigenvalue weighted by Crippen LogP contribution is -2.32. The van der Waals surface area contributed by atoms with Gasteiger partial charge in [-0.2, -0.15) is 11.8 Å². The van der Waals surface area contributed by atoms with Crippen LogP contribution in [0.25, 0.3) is 0 Å². The Morgan fingerprint density at radius 1 is 1.20 bits per heavy atom. The fourth-order valence-electron chi connectivity index (χ4n) is 2.17. The van der Waals surface area contributed by atoms with Crippen LogP contribution in [0.1, 0.15) is 4.88 Å². The number of nitrogens with zero attached hydrogens (tertiary/aromatic N) is 2. The highest BCUT2D eigenvalue weighted by Gasteiger charge is 2.10. The number of rotatable bonds is 4. The van der Waals surface area contributed by atoms with Gasteiger partial charge in [0.25, 0.3) is 0 Å². The fourth-order valence-corrected chi connectivity index (χ4v) is 3.99. The van der Waals surface area contributed by atoms with Gasteiger partial charge in [0.2, 0.25) is 0 Å². The molecule has 0 amide bonds. The van der Waals surface area contributed by atoms with Crippen LogP contribution in [-0.2, 0) is 6.54 Å². The maximum atomic E-state index is 5.82. The highest BCUT2D eigenvalue weighted by Crippen LogP contribution is 2.23. The van der Waals surface area contributed by atoms with Gasteiger partial charge in [0.15, 0.2) is 4.47 Å². The van der Waals surface area contributed by atoms with Crippen molar-refractivity contribution in [3.63, 3.8) is 0 Å². The van der Waals surface area contributed by atoms with E-state index < -0.39 is 0 Å². The summed E-state index contributed by atoms with van der Waals surface area (Å²) in [5, 5.41) is 3.39. The second-order valence-corrected chi connectivity index (χ2v) is 7.50. The maximum absolute atomic E-state index is 5.82. The lowest BCUT2D eigenvalue weighted by molar-refractivity contribution is 0.859. The first-order chi connectivity index (χ1) is 9.81. The summed E-state index contributed by atoms with van der Waals surface area (Å²) in [6.45, 7) is 3.07. The Morgan fingerprint density at radius 3 is 2.60 bits per heavy atom. The van der Waals surface area contributed by atoms with Crippen LogP contribution in [0.15, 0.2) is 30.5 Å². The van der Waals surface area contributed by atoms with E-state index in [0.29, 0.717) is 4.47 Å². The molecule has 20 heavy (non-hydrogen) atoms. The monoisotopic (exact) mass is 325 g/mol. The van der Waals surface area contributed by atoms with Crippen molar-refractivity contribution in [1.82, 2.24) is 4.98 Å². The summed E-state index contributed by atoms with van der Waals surface area (Å²) in [7, 11) is 0. The minimum Gasteiger partial charge on any atom is -0.380 e. The first-order valence-electron chi connectivity index (χ1n) is 6.58. The number of aromatic nitrogens is 1. The van der Waals surface area contributed by atoms with Crippen LogP contribution < -0.4 is 10.2 Å². The van der Waals surface area contributed by atoms with Gasteiger partial charge in [-0.15, -0.1) is 11.3 Å². The van der Waals surface area contributed by atoms with Gasteiger partial charge in [-0.3, -0.25) is 0 Å². The van der Waals surface area contributed by atoms with Crippen molar-refractivity contribution in [3.05, 3.63) is 39.8 Å². The molecular weight excluding hydrogens is 310 g/mol. The number of anilines is 2. The average Bonchev–Trinajstić information content (AvgIpc) is 2.92. The highest BCUT2D eigenvalue weighted by molar-refractivity contribution is 7.99. The SMILES string of the molecule is Clc1ncc(CNc2ccc(N3CCSCC3)cc2)s1. The zero-order chi connectivity index (χ0) is 13.8. The lowest BCUT2D eigenvalue weighted by Gasteiger charge is -2.28. The van der Waals surface area contributed by atoms with Gasteiger partial charge in [0, 0.05) is 47.0 Å². The minimum atomic E-state index is 0.597. The van der Waals surface area contributed by atoms with Gasteiger partial charge in [0.05, 0.1) is 6.54 Å².